The second-order valence-corrected chi connectivity index (χ2v) is 4.80. The highest BCUT2D eigenvalue weighted by Crippen LogP contribution is 2.18. The summed E-state index contributed by atoms with van der Waals surface area (Å²) in [6.07, 6.45) is 5.11. The molecule has 0 aliphatic carbocycles. The Kier molecular flexibility index (Phi) is 4.87. The van der Waals surface area contributed by atoms with E-state index in [2.05, 4.69) is 15.3 Å². The number of nitrogens with zero attached hydrogens (tertiary/aromatic N) is 3. The number of hydrogen-bond donors (Lipinski definition) is 1. The van der Waals surface area contributed by atoms with Crippen LogP contribution in [0.1, 0.15) is 28.5 Å². The van der Waals surface area contributed by atoms with Crippen molar-refractivity contribution in [3.8, 4) is 0 Å². The molecule has 0 unspecified atom stereocenters. The summed E-state index contributed by atoms with van der Waals surface area (Å²) >= 11 is 0. The standard InChI is InChI=1S/C16H20N4O/c1-4-20(11-13-5-7-18-8-6-13)16(21)14-10-19-12(2)9-15(14)17-3/h5-10H,4,11H2,1-3H3,(H,17,19). The highest BCUT2D eigenvalue weighted by Gasteiger charge is 2.18. The van der Waals surface area contributed by atoms with E-state index in [9.17, 15) is 4.79 Å². The molecule has 0 aliphatic rings. The first-order valence-corrected chi connectivity index (χ1v) is 6.98. The molecule has 0 aromatic carbocycles. The fourth-order valence-electron chi connectivity index (χ4n) is 2.14. The normalized spacial score (nSPS) is 10.2. The SMILES string of the molecule is CCN(Cc1ccncc1)C(=O)c1cnc(C)cc1NC. The van der Waals surface area contributed by atoms with E-state index in [0.717, 1.165) is 16.9 Å². The van der Waals surface area contributed by atoms with Crippen LogP contribution in [0.4, 0.5) is 5.69 Å². The molecule has 0 aliphatic heterocycles. The van der Waals surface area contributed by atoms with E-state index in [-0.39, 0.29) is 5.91 Å². The number of hydrogen-bond acceptors (Lipinski definition) is 4. The molecule has 0 spiro atoms. The molecule has 21 heavy (non-hydrogen) atoms. The van der Waals surface area contributed by atoms with Crippen LogP contribution < -0.4 is 5.32 Å². The molecule has 0 atom stereocenters. The molecule has 0 saturated heterocycles. The summed E-state index contributed by atoms with van der Waals surface area (Å²) in [5.41, 5.74) is 3.35. The molecule has 5 nitrogen and oxygen atoms in total. The van der Waals surface area contributed by atoms with Gasteiger partial charge in [0.1, 0.15) is 0 Å². The van der Waals surface area contributed by atoms with Crippen LogP contribution in [0.2, 0.25) is 0 Å². The Bertz CT molecular complexity index is 613. The van der Waals surface area contributed by atoms with Crippen LogP contribution >= 0.6 is 0 Å². The molecule has 0 radical (unpaired) electrons. The Balaban J connectivity index is 2.24. The molecule has 5 heteroatoms. The van der Waals surface area contributed by atoms with Gasteiger partial charge in [0, 0.05) is 44.4 Å². The zero-order chi connectivity index (χ0) is 15.2. The predicted molar refractivity (Wildman–Crippen MR) is 83.2 cm³/mol. The third-order valence-electron chi connectivity index (χ3n) is 3.33. The second kappa shape index (κ2) is 6.83. The summed E-state index contributed by atoms with van der Waals surface area (Å²) in [6, 6.07) is 5.72. The smallest absolute Gasteiger partial charge is 0.257 e. The molecule has 0 fully saturated rings. The summed E-state index contributed by atoms with van der Waals surface area (Å²) in [4.78, 5) is 22.7. The molecule has 0 saturated carbocycles. The predicted octanol–water partition coefficient (Wildman–Crippen LogP) is 2.49. The van der Waals surface area contributed by atoms with Gasteiger partial charge in [-0.2, -0.15) is 0 Å². The Morgan fingerprint density at radius 3 is 2.67 bits per heavy atom. The van der Waals surface area contributed by atoms with Crippen LogP contribution in [0.5, 0.6) is 0 Å². The fourth-order valence-corrected chi connectivity index (χ4v) is 2.14. The first-order chi connectivity index (χ1) is 10.2. The van der Waals surface area contributed by atoms with Gasteiger partial charge in [0.05, 0.1) is 11.3 Å². The lowest BCUT2D eigenvalue weighted by Crippen LogP contribution is -2.31. The summed E-state index contributed by atoms with van der Waals surface area (Å²) < 4.78 is 0. The lowest BCUT2D eigenvalue weighted by Gasteiger charge is -2.22. The van der Waals surface area contributed by atoms with Crippen molar-refractivity contribution in [2.45, 2.75) is 20.4 Å². The van der Waals surface area contributed by atoms with Crippen molar-refractivity contribution in [3.63, 3.8) is 0 Å². The number of rotatable bonds is 5. The van der Waals surface area contributed by atoms with Crippen molar-refractivity contribution >= 4 is 11.6 Å². The maximum absolute atomic E-state index is 12.7. The Hall–Kier alpha value is -2.43. The average Bonchev–Trinajstić information content (AvgIpc) is 2.52. The highest BCUT2D eigenvalue weighted by atomic mass is 16.2. The van der Waals surface area contributed by atoms with Gasteiger partial charge in [0.25, 0.3) is 5.91 Å². The van der Waals surface area contributed by atoms with E-state index in [1.165, 1.54) is 0 Å². The molecule has 110 valence electrons. The average molecular weight is 284 g/mol. The van der Waals surface area contributed by atoms with Gasteiger partial charge in [0.15, 0.2) is 0 Å². The number of aryl methyl sites for hydroxylation is 1. The largest absolute Gasteiger partial charge is 0.387 e. The van der Waals surface area contributed by atoms with Crippen LogP contribution in [0.25, 0.3) is 0 Å². The second-order valence-electron chi connectivity index (χ2n) is 4.80. The molecule has 2 aromatic rings. The molecule has 2 aromatic heterocycles. The first kappa shape index (κ1) is 15.0. The maximum atomic E-state index is 12.7. The van der Waals surface area contributed by atoms with E-state index >= 15 is 0 Å². The third kappa shape index (κ3) is 3.56. The Morgan fingerprint density at radius 2 is 2.05 bits per heavy atom. The van der Waals surface area contributed by atoms with Crippen LogP contribution in [0.3, 0.4) is 0 Å². The highest BCUT2D eigenvalue weighted by molar-refractivity contribution is 5.99. The van der Waals surface area contributed by atoms with Crippen LogP contribution in [-0.2, 0) is 6.54 Å². The zero-order valence-electron chi connectivity index (χ0n) is 12.6. The number of amides is 1. The van der Waals surface area contributed by atoms with Gasteiger partial charge < -0.3 is 10.2 Å². The third-order valence-corrected chi connectivity index (χ3v) is 3.33. The molecule has 2 rings (SSSR count). The van der Waals surface area contributed by atoms with Crippen LogP contribution in [0.15, 0.2) is 36.8 Å². The van der Waals surface area contributed by atoms with E-state index in [1.807, 2.05) is 39.1 Å². The van der Waals surface area contributed by atoms with Gasteiger partial charge in [-0.1, -0.05) is 0 Å². The lowest BCUT2D eigenvalue weighted by atomic mass is 10.1. The van der Waals surface area contributed by atoms with Crippen molar-refractivity contribution in [2.75, 3.05) is 18.9 Å². The van der Waals surface area contributed by atoms with Crippen LogP contribution in [-0.4, -0.2) is 34.4 Å². The first-order valence-electron chi connectivity index (χ1n) is 6.98. The van der Waals surface area contributed by atoms with Gasteiger partial charge in [0.2, 0.25) is 0 Å². The number of nitrogens with one attached hydrogen (secondary N) is 1. The fraction of sp³-hybridized carbons (Fsp3) is 0.312. The molecule has 0 bridgehead atoms. The minimum atomic E-state index is -0.0221. The van der Waals surface area contributed by atoms with Crippen molar-refractivity contribution in [1.82, 2.24) is 14.9 Å². The summed E-state index contributed by atoms with van der Waals surface area (Å²) in [6.45, 7) is 5.08. The summed E-state index contributed by atoms with van der Waals surface area (Å²) in [5, 5.41) is 3.06. The van der Waals surface area contributed by atoms with E-state index < -0.39 is 0 Å². The molecule has 2 heterocycles. The molecular weight excluding hydrogens is 264 g/mol. The van der Waals surface area contributed by atoms with Gasteiger partial charge in [-0.3, -0.25) is 14.8 Å². The minimum Gasteiger partial charge on any atom is -0.387 e. The topological polar surface area (TPSA) is 58.1 Å². The van der Waals surface area contributed by atoms with Gasteiger partial charge >= 0.3 is 0 Å². The molecule has 1 amide bonds. The number of aromatic nitrogens is 2. The summed E-state index contributed by atoms with van der Waals surface area (Å²) in [7, 11) is 1.81. The number of carbonyl (C=O) groups excluding carboxylic acids is 1. The number of carbonyl (C=O) groups is 1. The van der Waals surface area contributed by atoms with Gasteiger partial charge in [-0.15, -0.1) is 0 Å². The minimum absolute atomic E-state index is 0.0221. The zero-order valence-corrected chi connectivity index (χ0v) is 12.6. The van der Waals surface area contributed by atoms with Crippen LogP contribution in [0, 0.1) is 6.92 Å². The monoisotopic (exact) mass is 284 g/mol. The van der Waals surface area contributed by atoms with E-state index in [0.29, 0.717) is 18.7 Å². The number of anilines is 1. The van der Waals surface area contributed by atoms with E-state index in [1.54, 1.807) is 23.5 Å². The summed E-state index contributed by atoms with van der Waals surface area (Å²) in [5.74, 6) is -0.0221. The Morgan fingerprint density at radius 1 is 1.33 bits per heavy atom. The molecular formula is C16H20N4O. The lowest BCUT2D eigenvalue weighted by molar-refractivity contribution is 0.0753. The quantitative estimate of drug-likeness (QED) is 0.916. The van der Waals surface area contributed by atoms with Crippen molar-refractivity contribution in [1.29, 1.82) is 0 Å². The Labute approximate surface area is 125 Å². The van der Waals surface area contributed by atoms with Gasteiger partial charge in [-0.05, 0) is 37.6 Å². The van der Waals surface area contributed by atoms with Gasteiger partial charge in [-0.25, -0.2) is 0 Å². The van der Waals surface area contributed by atoms with Crippen molar-refractivity contribution < 1.29 is 4.79 Å². The number of pyridine rings is 2. The van der Waals surface area contributed by atoms with Crippen molar-refractivity contribution in [2.24, 2.45) is 0 Å². The van der Waals surface area contributed by atoms with E-state index in [4.69, 9.17) is 0 Å². The molecule has 1 N–H and O–H groups in total. The van der Waals surface area contributed by atoms with Crippen molar-refractivity contribution in [3.05, 3.63) is 53.6 Å². The maximum Gasteiger partial charge on any atom is 0.257 e.